The molecule has 12 heteroatoms. The molecular weight excluding hydrogens is 473 g/mol. The SMILES string of the molecule is Cn1c(C(=O)NC2CCN(S(=O)Nc3cnccn3)CC2C#N)cc2c(Cl)c(Cl)ccc21. The van der Waals surface area contributed by atoms with Crippen molar-refractivity contribution in [1.29, 1.82) is 5.26 Å². The van der Waals surface area contributed by atoms with E-state index in [0.717, 1.165) is 5.52 Å². The molecule has 9 nitrogen and oxygen atoms in total. The van der Waals surface area contributed by atoms with E-state index in [0.29, 0.717) is 39.9 Å². The summed E-state index contributed by atoms with van der Waals surface area (Å²) in [6.07, 6.45) is 4.95. The summed E-state index contributed by atoms with van der Waals surface area (Å²) < 4.78 is 18.8. The Balaban J connectivity index is 1.45. The predicted octanol–water partition coefficient (Wildman–Crippen LogP) is 2.91. The summed E-state index contributed by atoms with van der Waals surface area (Å²) in [5.74, 6) is -0.467. The lowest BCUT2D eigenvalue weighted by atomic mass is 9.94. The number of amides is 1. The first-order valence-electron chi connectivity index (χ1n) is 9.72. The van der Waals surface area contributed by atoms with Crippen molar-refractivity contribution in [3.8, 4) is 6.07 Å². The lowest BCUT2D eigenvalue weighted by molar-refractivity contribution is 0.0903. The number of hydrogen-bond donors (Lipinski definition) is 2. The van der Waals surface area contributed by atoms with Crippen LogP contribution < -0.4 is 10.0 Å². The van der Waals surface area contributed by atoms with E-state index in [9.17, 15) is 14.3 Å². The molecule has 0 radical (unpaired) electrons. The second-order valence-corrected chi connectivity index (χ2v) is 9.32. The first-order valence-corrected chi connectivity index (χ1v) is 11.6. The quantitative estimate of drug-likeness (QED) is 0.568. The minimum absolute atomic E-state index is 0.234. The summed E-state index contributed by atoms with van der Waals surface area (Å²) in [6.45, 7) is 0.664. The number of piperidine rings is 1. The molecule has 2 N–H and O–H groups in total. The Bertz CT molecular complexity index is 1230. The van der Waals surface area contributed by atoms with Gasteiger partial charge >= 0.3 is 0 Å². The molecule has 4 rings (SSSR count). The number of aromatic nitrogens is 3. The summed E-state index contributed by atoms with van der Waals surface area (Å²) in [6, 6.07) is 7.02. The number of hydrogen-bond acceptors (Lipinski definition) is 5. The number of nitriles is 1. The molecule has 166 valence electrons. The first kappa shape index (κ1) is 22.5. The van der Waals surface area contributed by atoms with Crippen LogP contribution in [0.1, 0.15) is 16.9 Å². The van der Waals surface area contributed by atoms with Crippen LogP contribution in [0.4, 0.5) is 5.82 Å². The van der Waals surface area contributed by atoms with E-state index in [4.69, 9.17) is 23.2 Å². The van der Waals surface area contributed by atoms with Gasteiger partial charge in [0.05, 0.1) is 28.2 Å². The van der Waals surface area contributed by atoms with Crippen LogP contribution in [0.3, 0.4) is 0 Å². The molecule has 0 spiro atoms. The zero-order valence-electron chi connectivity index (χ0n) is 17.0. The van der Waals surface area contributed by atoms with Gasteiger partial charge in [-0.2, -0.15) is 5.26 Å². The van der Waals surface area contributed by atoms with Crippen LogP contribution >= 0.6 is 23.2 Å². The molecule has 32 heavy (non-hydrogen) atoms. The molecule has 1 amide bonds. The Morgan fingerprint density at radius 1 is 1.34 bits per heavy atom. The molecule has 1 fully saturated rings. The largest absolute Gasteiger partial charge is 0.347 e. The number of anilines is 1. The van der Waals surface area contributed by atoms with Crippen molar-refractivity contribution in [1.82, 2.24) is 24.2 Å². The van der Waals surface area contributed by atoms with Gasteiger partial charge < -0.3 is 9.88 Å². The average molecular weight is 492 g/mol. The highest BCUT2D eigenvalue weighted by Gasteiger charge is 2.33. The van der Waals surface area contributed by atoms with Crippen molar-refractivity contribution >= 4 is 57.0 Å². The fourth-order valence-electron chi connectivity index (χ4n) is 3.69. The highest BCUT2D eigenvalue weighted by molar-refractivity contribution is 7.84. The second kappa shape index (κ2) is 9.42. The molecule has 0 aliphatic carbocycles. The number of carbonyl (C=O) groups is 1. The number of halogens is 2. The van der Waals surface area contributed by atoms with Crippen molar-refractivity contribution in [3.63, 3.8) is 0 Å². The fourth-order valence-corrected chi connectivity index (χ4v) is 5.05. The third-order valence-corrected chi connectivity index (χ3v) is 7.40. The monoisotopic (exact) mass is 491 g/mol. The van der Waals surface area contributed by atoms with Gasteiger partial charge in [0.25, 0.3) is 5.91 Å². The Hall–Kier alpha value is -2.71. The van der Waals surface area contributed by atoms with Crippen LogP contribution in [0.15, 0.2) is 36.8 Å². The average Bonchev–Trinajstić information content (AvgIpc) is 3.14. The Morgan fingerprint density at radius 2 is 2.16 bits per heavy atom. The third-order valence-electron chi connectivity index (χ3n) is 5.39. The minimum Gasteiger partial charge on any atom is -0.347 e. The van der Waals surface area contributed by atoms with E-state index >= 15 is 0 Å². The molecule has 2 aromatic heterocycles. The summed E-state index contributed by atoms with van der Waals surface area (Å²) >= 11 is 10.8. The minimum atomic E-state index is -1.58. The van der Waals surface area contributed by atoms with Gasteiger partial charge in [0.1, 0.15) is 5.69 Å². The van der Waals surface area contributed by atoms with Crippen LogP contribution in [0.5, 0.6) is 0 Å². The predicted molar refractivity (Wildman–Crippen MR) is 123 cm³/mol. The molecule has 3 aromatic rings. The summed E-state index contributed by atoms with van der Waals surface area (Å²) in [5, 5.41) is 14.1. The highest BCUT2D eigenvalue weighted by atomic mass is 35.5. The molecule has 1 aromatic carbocycles. The number of nitrogens with one attached hydrogen (secondary N) is 2. The van der Waals surface area contributed by atoms with Gasteiger partial charge in [0.2, 0.25) is 0 Å². The molecule has 3 atom stereocenters. The lowest BCUT2D eigenvalue weighted by Crippen LogP contribution is -2.51. The Kier molecular flexibility index (Phi) is 6.62. The standard InChI is InChI=1S/C20H19Cl2N7O2S/c1-28-16-3-2-14(21)19(22)13(16)8-17(28)20(30)26-15-4-7-29(11-12(15)9-23)32(31)27-18-10-24-5-6-25-18/h2-3,5-6,8,10,12,15H,4,7,11H2,1H3,(H,25,27)(H,26,30). The normalized spacial score (nSPS) is 19.9. The lowest BCUT2D eigenvalue weighted by Gasteiger charge is -2.34. The maximum atomic E-state index is 13.0. The molecule has 1 aliphatic heterocycles. The smallest absolute Gasteiger partial charge is 0.268 e. The number of rotatable bonds is 5. The van der Waals surface area contributed by atoms with Crippen LogP contribution in [0.2, 0.25) is 10.0 Å². The summed E-state index contributed by atoms with van der Waals surface area (Å²) in [7, 11) is 1.77. The van der Waals surface area contributed by atoms with Gasteiger partial charge in [0.15, 0.2) is 17.0 Å². The number of aryl methyl sites for hydroxylation is 1. The van der Waals surface area contributed by atoms with E-state index in [1.165, 1.54) is 18.6 Å². The van der Waals surface area contributed by atoms with E-state index in [2.05, 4.69) is 26.1 Å². The first-order chi connectivity index (χ1) is 15.4. The van der Waals surface area contributed by atoms with E-state index in [1.807, 2.05) is 0 Å². The zero-order chi connectivity index (χ0) is 22.8. The molecule has 1 aliphatic rings. The van der Waals surface area contributed by atoms with Crippen molar-refractivity contribution in [2.75, 3.05) is 17.8 Å². The molecule has 3 unspecified atom stereocenters. The van der Waals surface area contributed by atoms with Crippen molar-refractivity contribution in [2.45, 2.75) is 12.5 Å². The maximum Gasteiger partial charge on any atom is 0.268 e. The van der Waals surface area contributed by atoms with Gasteiger partial charge in [-0.15, -0.1) is 0 Å². The van der Waals surface area contributed by atoms with Crippen molar-refractivity contribution < 1.29 is 9.00 Å². The molecule has 0 bridgehead atoms. The summed E-state index contributed by atoms with van der Waals surface area (Å²) in [5.41, 5.74) is 1.19. The van der Waals surface area contributed by atoms with Gasteiger partial charge in [-0.3, -0.25) is 14.5 Å². The van der Waals surface area contributed by atoms with Gasteiger partial charge in [-0.25, -0.2) is 13.5 Å². The van der Waals surface area contributed by atoms with Gasteiger partial charge in [-0.05, 0) is 24.6 Å². The van der Waals surface area contributed by atoms with Gasteiger partial charge in [0, 0.05) is 49.5 Å². The summed E-state index contributed by atoms with van der Waals surface area (Å²) in [4.78, 5) is 21.0. The van der Waals surface area contributed by atoms with Crippen LogP contribution in [0, 0.1) is 17.2 Å². The van der Waals surface area contributed by atoms with Crippen LogP contribution in [0.25, 0.3) is 10.9 Å². The van der Waals surface area contributed by atoms with Crippen molar-refractivity contribution in [2.24, 2.45) is 13.0 Å². The number of benzene rings is 1. The second-order valence-electron chi connectivity index (χ2n) is 7.32. The Labute approximate surface area is 197 Å². The third kappa shape index (κ3) is 4.42. The van der Waals surface area contributed by atoms with E-state index in [1.54, 1.807) is 34.1 Å². The van der Waals surface area contributed by atoms with E-state index < -0.39 is 17.1 Å². The Morgan fingerprint density at radius 3 is 2.88 bits per heavy atom. The fraction of sp³-hybridized carbons (Fsp3) is 0.300. The van der Waals surface area contributed by atoms with Crippen LogP contribution in [-0.4, -0.2) is 48.1 Å². The number of nitrogens with zero attached hydrogens (tertiary/aromatic N) is 5. The van der Waals surface area contributed by atoms with Gasteiger partial charge in [-0.1, -0.05) is 23.2 Å². The van der Waals surface area contributed by atoms with Crippen LogP contribution in [-0.2, 0) is 18.2 Å². The number of carbonyl (C=O) groups excluding carboxylic acids is 1. The molecule has 0 saturated carbocycles. The number of fused-ring (bicyclic) bond motifs is 1. The molecule has 1 saturated heterocycles. The van der Waals surface area contributed by atoms with Crippen molar-refractivity contribution in [3.05, 3.63) is 52.5 Å². The highest BCUT2D eigenvalue weighted by Crippen LogP contribution is 2.32. The topological polar surface area (TPSA) is 116 Å². The maximum absolute atomic E-state index is 13.0. The molecule has 3 heterocycles. The van der Waals surface area contributed by atoms with E-state index in [-0.39, 0.29) is 18.5 Å². The molecular formula is C20H19Cl2N7O2S. The zero-order valence-corrected chi connectivity index (χ0v) is 19.3.